The second-order valence-corrected chi connectivity index (χ2v) is 5.67. The maximum atomic E-state index is 4.35. The maximum Gasteiger partial charge on any atom is 0.0372 e. The molecule has 0 amide bonds. The van der Waals surface area contributed by atoms with Gasteiger partial charge in [-0.2, -0.15) is 0 Å². The summed E-state index contributed by atoms with van der Waals surface area (Å²) >= 11 is 0. The SMILES string of the molecule is CCC1CCCC(NCc2ccc(C)nc2)CC1. The molecule has 2 unspecified atom stereocenters. The highest BCUT2D eigenvalue weighted by atomic mass is 14.9. The van der Waals surface area contributed by atoms with Crippen molar-refractivity contribution in [3.05, 3.63) is 29.6 Å². The molecule has 1 aromatic rings. The van der Waals surface area contributed by atoms with Crippen LogP contribution in [0.3, 0.4) is 0 Å². The number of aromatic nitrogens is 1. The van der Waals surface area contributed by atoms with Gasteiger partial charge in [-0.1, -0.05) is 32.3 Å². The average Bonchev–Trinajstić information content (AvgIpc) is 2.63. The molecule has 2 heteroatoms. The number of aryl methyl sites for hydroxylation is 1. The summed E-state index contributed by atoms with van der Waals surface area (Å²) in [7, 11) is 0. The van der Waals surface area contributed by atoms with Crippen LogP contribution in [0.25, 0.3) is 0 Å². The summed E-state index contributed by atoms with van der Waals surface area (Å²) in [5, 5.41) is 3.70. The molecule has 2 nitrogen and oxygen atoms in total. The zero-order chi connectivity index (χ0) is 12.8. The fourth-order valence-electron chi connectivity index (χ4n) is 2.86. The van der Waals surface area contributed by atoms with Gasteiger partial charge in [-0.05, 0) is 43.7 Å². The van der Waals surface area contributed by atoms with Crippen LogP contribution in [0.1, 0.15) is 56.7 Å². The van der Waals surface area contributed by atoms with Crippen molar-refractivity contribution in [1.82, 2.24) is 10.3 Å². The van der Waals surface area contributed by atoms with Gasteiger partial charge in [0.1, 0.15) is 0 Å². The van der Waals surface area contributed by atoms with Crippen molar-refractivity contribution in [2.75, 3.05) is 0 Å². The second kappa shape index (κ2) is 6.89. The third-order valence-electron chi connectivity index (χ3n) is 4.23. The number of nitrogens with one attached hydrogen (secondary N) is 1. The van der Waals surface area contributed by atoms with Crippen molar-refractivity contribution in [3.63, 3.8) is 0 Å². The minimum atomic E-state index is 0.711. The minimum absolute atomic E-state index is 0.711. The van der Waals surface area contributed by atoms with E-state index in [4.69, 9.17) is 0 Å². The van der Waals surface area contributed by atoms with Crippen LogP contribution in [0.15, 0.2) is 18.3 Å². The summed E-state index contributed by atoms with van der Waals surface area (Å²) in [5.74, 6) is 0.970. The fraction of sp³-hybridized carbons (Fsp3) is 0.688. The molecular weight excluding hydrogens is 220 g/mol. The van der Waals surface area contributed by atoms with Gasteiger partial charge in [0, 0.05) is 24.5 Å². The maximum absolute atomic E-state index is 4.35. The van der Waals surface area contributed by atoms with Crippen LogP contribution in [-0.4, -0.2) is 11.0 Å². The van der Waals surface area contributed by atoms with Crippen LogP contribution in [-0.2, 0) is 6.54 Å². The van der Waals surface area contributed by atoms with E-state index in [1.807, 2.05) is 13.1 Å². The van der Waals surface area contributed by atoms with E-state index in [-0.39, 0.29) is 0 Å². The quantitative estimate of drug-likeness (QED) is 0.817. The molecule has 1 aliphatic carbocycles. The molecule has 100 valence electrons. The Bertz CT molecular complexity index is 345. The second-order valence-electron chi connectivity index (χ2n) is 5.67. The normalized spacial score (nSPS) is 24.8. The van der Waals surface area contributed by atoms with E-state index in [0.717, 1.165) is 18.2 Å². The Labute approximate surface area is 111 Å². The van der Waals surface area contributed by atoms with Crippen molar-refractivity contribution in [2.24, 2.45) is 5.92 Å². The molecule has 18 heavy (non-hydrogen) atoms. The van der Waals surface area contributed by atoms with Crippen molar-refractivity contribution in [1.29, 1.82) is 0 Å². The van der Waals surface area contributed by atoms with Gasteiger partial charge in [0.15, 0.2) is 0 Å². The Morgan fingerprint density at radius 3 is 2.83 bits per heavy atom. The van der Waals surface area contributed by atoms with Crippen molar-refractivity contribution < 1.29 is 0 Å². The van der Waals surface area contributed by atoms with Crippen LogP contribution < -0.4 is 5.32 Å². The molecule has 0 aromatic carbocycles. The summed E-state index contributed by atoms with van der Waals surface area (Å²) in [6.07, 6.45) is 10.3. The largest absolute Gasteiger partial charge is 0.310 e. The minimum Gasteiger partial charge on any atom is -0.310 e. The lowest BCUT2D eigenvalue weighted by Crippen LogP contribution is -2.28. The first-order chi connectivity index (χ1) is 8.78. The lowest BCUT2D eigenvalue weighted by atomic mass is 9.98. The van der Waals surface area contributed by atoms with Gasteiger partial charge in [0.05, 0.1) is 0 Å². The number of nitrogens with zero attached hydrogens (tertiary/aromatic N) is 1. The molecule has 1 heterocycles. The summed E-state index contributed by atoms with van der Waals surface area (Å²) < 4.78 is 0. The smallest absolute Gasteiger partial charge is 0.0372 e. The van der Waals surface area contributed by atoms with Crippen LogP contribution >= 0.6 is 0 Å². The number of hydrogen-bond acceptors (Lipinski definition) is 2. The highest BCUT2D eigenvalue weighted by molar-refractivity contribution is 5.12. The molecule has 2 atom stereocenters. The Kier molecular flexibility index (Phi) is 5.18. The predicted octanol–water partition coefficient (Wildman–Crippen LogP) is 3.84. The van der Waals surface area contributed by atoms with E-state index >= 15 is 0 Å². The van der Waals surface area contributed by atoms with E-state index in [9.17, 15) is 0 Å². The molecule has 1 aromatic heterocycles. The third kappa shape index (κ3) is 4.09. The number of pyridine rings is 1. The molecule has 2 rings (SSSR count). The van der Waals surface area contributed by atoms with Crippen LogP contribution in [0, 0.1) is 12.8 Å². The zero-order valence-corrected chi connectivity index (χ0v) is 11.8. The molecule has 1 aliphatic rings. The fourth-order valence-corrected chi connectivity index (χ4v) is 2.86. The average molecular weight is 246 g/mol. The standard InChI is InChI=1S/C16H26N2/c1-3-14-5-4-6-16(10-9-14)18-12-15-8-7-13(2)17-11-15/h7-8,11,14,16,18H,3-6,9-10,12H2,1-2H3. The monoisotopic (exact) mass is 246 g/mol. The molecule has 0 radical (unpaired) electrons. The van der Waals surface area contributed by atoms with E-state index in [1.54, 1.807) is 0 Å². The van der Waals surface area contributed by atoms with Gasteiger partial charge in [-0.25, -0.2) is 0 Å². The molecule has 0 saturated heterocycles. The van der Waals surface area contributed by atoms with Gasteiger partial charge in [-0.15, -0.1) is 0 Å². The highest BCUT2D eigenvalue weighted by Crippen LogP contribution is 2.25. The lowest BCUT2D eigenvalue weighted by Gasteiger charge is -2.16. The molecule has 1 fully saturated rings. The Balaban J connectivity index is 1.77. The van der Waals surface area contributed by atoms with Gasteiger partial charge in [0.2, 0.25) is 0 Å². The van der Waals surface area contributed by atoms with E-state index in [2.05, 4.69) is 29.4 Å². The summed E-state index contributed by atoms with van der Waals surface area (Å²) in [4.78, 5) is 4.35. The molecule has 0 spiro atoms. The molecule has 1 saturated carbocycles. The summed E-state index contributed by atoms with van der Waals surface area (Å²) in [6, 6.07) is 4.99. The third-order valence-corrected chi connectivity index (χ3v) is 4.23. The topological polar surface area (TPSA) is 24.9 Å². The molecule has 1 N–H and O–H groups in total. The van der Waals surface area contributed by atoms with Crippen LogP contribution in [0.4, 0.5) is 0 Å². The Hall–Kier alpha value is -0.890. The number of hydrogen-bond donors (Lipinski definition) is 1. The van der Waals surface area contributed by atoms with Gasteiger partial charge in [0.25, 0.3) is 0 Å². The summed E-state index contributed by atoms with van der Waals surface area (Å²) in [5.41, 5.74) is 2.40. The van der Waals surface area contributed by atoms with Gasteiger partial charge in [-0.3, -0.25) is 4.98 Å². The Morgan fingerprint density at radius 2 is 2.11 bits per heavy atom. The predicted molar refractivity (Wildman–Crippen MR) is 76.5 cm³/mol. The molecular formula is C16H26N2. The van der Waals surface area contributed by atoms with Gasteiger partial charge >= 0.3 is 0 Å². The van der Waals surface area contributed by atoms with Crippen molar-refractivity contribution in [3.8, 4) is 0 Å². The van der Waals surface area contributed by atoms with Gasteiger partial charge < -0.3 is 5.32 Å². The Morgan fingerprint density at radius 1 is 1.22 bits per heavy atom. The lowest BCUT2D eigenvalue weighted by molar-refractivity contribution is 0.425. The first-order valence-corrected chi connectivity index (χ1v) is 7.43. The van der Waals surface area contributed by atoms with Crippen LogP contribution in [0.5, 0.6) is 0 Å². The summed E-state index contributed by atoms with van der Waals surface area (Å²) in [6.45, 7) is 5.33. The first kappa shape index (κ1) is 13.5. The van der Waals surface area contributed by atoms with E-state index in [0.29, 0.717) is 6.04 Å². The molecule has 0 bridgehead atoms. The van der Waals surface area contributed by atoms with E-state index in [1.165, 1.54) is 44.1 Å². The number of rotatable bonds is 4. The first-order valence-electron chi connectivity index (χ1n) is 7.43. The van der Waals surface area contributed by atoms with Crippen molar-refractivity contribution >= 4 is 0 Å². The van der Waals surface area contributed by atoms with E-state index < -0.39 is 0 Å². The zero-order valence-electron chi connectivity index (χ0n) is 11.8. The molecule has 0 aliphatic heterocycles. The van der Waals surface area contributed by atoms with Crippen LogP contribution in [0.2, 0.25) is 0 Å². The van der Waals surface area contributed by atoms with Crippen molar-refractivity contribution in [2.45, 2.75) is 65.0 Å². The highest BCUT2D eigenvalue weighted by Gasteiger charge is 2.17.